The number of likely N-dealkylation sites (tertiary alicyclic amines) is 1. The van der Waals surface area contributed by atoms with E-state index in [1.807, 2.05) is 31.2 Å². The van der Waals surface area contributed by atoms with E-state index in [1.165, 1.54) is 0 Å². The number of amides is 2. The summed E-state index contributed by atoms with van der Waals surface area (Å²) in [5.41, 5.74) is 0.850. The van der Waals surface area contributed by atoms with Crippen LogP contribution < -0.4 is 0 Å². The molecule has 1 aromatic carbocycles. The van der Waals surface area contributed by atoms with Crippen LogP contribution in [0.5, 0.6) is 0 Å². The van der Waals surface area contributed by atoms with Gasteiger partial charge in [-0.25, -0.2) is 0 Å². The quantitative estimate of drug-likeness (QED) is 0.528. The van der Waals surface area contributed by atoms with Gasteiger partial charge < -0.3 is 19.1 Å². The second-order valence-electron chi connectivity index (χ2n) is 7.62. The second kappa shape index (κ2) is 11.4. The van der Waals surface area contributed by atoms with E-state index < -0.39 is 0 Å². The molecule has 1 aliphatic rings. The molecule has 0 N–H and O–H groups in total. The van der Waals surface area contributed by atoms with E-state index in [0.29, 0.717) is 37.8 Å². The van der Waals surface area contributed by atoms with E-state index in [0.717, 1.165) is 35.7 Å². The van der Waals surface area contributed by atoms with Crippen LogP contribution in [0.15, 0.2) is 33.3 Å². The van der Waals surface area contributed by atoms with Crippen LogP contribution in [0, 0.1) is 0 Å². The molecule has 8 nitrogen and oxygen atoms in total. The van der Waals surface area contributed by atoms with Gasteiger partial charge >= 0.3 is 0 Å². The minimum absolute atomic E-state index is 0.0308. The van der Waals surface area contributed by atoms with Crippen molar-refractivity contribution >= 4 is 27.7 Å². The Bertz CT molecular complexity index is 871. The number of carbonyl (C=O) groups excluding carboxylic acids is 2. The monoisotopic (exact) mass is 492 g/mol. The van der Waals surface area contributed by atoms with Gasteiger partial charge in [0.25, 0.3) is 0 Å². The van der Waals surface area contributed by atoms with Crippen LogP contribution >= 0.6 is 15.9 Å². The van der Waals surface area contributed by atoms with Crippen molar-refractivity contribution in [2.75, 3.05) is 33.4 Å². The molecule has 2 heterocycles. The summed E-state index contributed by atoms with van der Waals surface area (Å²) in [6.07, 6.45) is 3.81. The first kappa shape index (κ1) is 23.4. The molecule has 1 aromatic heterocycles. The van der Waals surface area contributed by atoms with Crippen LogP contribution in [0.2, 0.25) is 0 Å². The minimum Gasteiger partial charge on any atom is -0.383 e. The predicted molar refractivity (Wildman–Crippen MR) is 119 cm³/mol. The Morgan fingerprint density at radius 2 is 2.06 bits per heavy atom. The fourth-order valence-corrected chi connectivity index (χ4v) is 3.96. The number of piperidine rings is 1. The molecule has 1 aliphatic heterocycles. The maximum Gasteiger partial charge on any atom is 0.249 e. The molecule has 1 fully saturated rings. The summed E-state index contributed by atoms with van der Waals surface area (Å²) in [4.78, 5) is 33.6. The lowest BCUT2D eigenvalue weighted by molar-refractivity contribution is -0.143. The zero-order chi connectivity index (χ0) is 22.2. The van der Waals surface area contributed by atoms with Crippen LogP contribution in [0.3, 0.4) is 0 Å². The van der Waals surface area contributed by atoms with Gasteiger partial charge in [0, 0.05) is 36.7 Å². The third-order valence-electron chi connectivity index (χ3n) is 5.36. The number of benzene rings is 1. The molecule has 2 aromatic rings. The van der Waals surface area contributed by atoms with Crippen molar-refractivity contribution < 1.29 is 18.8 Å². The number of ether oxygens (including phenoxy) is 1. The zero-order valence-electron chi connectivity index (χ0n) is 18.1. The Kier molecular flexibility index (Phi) is 8.60. The summed E-state index contributed by atoms with van der Waals surface area (Å²) in [5, 5.41) is 4.12. The van der Waals surface area contributed by atoms with Crippen LogP contribution in [0.25, 0.3) is 11.4 Å². The molecule has 1 unspecified atom stereocenters. The SMILES string of the molecule is CCCC(=O)N(CCOC)CC(=O)N1CCCCC1c1nc(-c2ccc(Br)cc2)no1. The first-order valence-electron chi connectivity index (χ1n) is 10.7. The second-order valence-corrected chi connectivity index (χ2v) is 8.54. The fourth-order valence-electron chi connectivity index (χ4n) is 3.69. The molecule has 1 saturated heterocycles. The van der Waals surface area contributed by atoms with Gasteiger partial charge in [0.1, 0.15) is 6.04 Å². The van der Waals surface area contributed by atoms with Crippen molar-refractivity contribution in [1.29, 1.82) is 0 Å². The number of nitrogens with zero attached hydrogens (tertiary/aromatic N) is 4. The first-order chi connectivity index (χ1) is 15.0. The van der Waals surface area contributed by atoms with Crippen molar-refractivity contribution in [3.05, 3.63) is 34.6 Å². The summed E-state index contributed by atoms with van der Waals surface area (Å²) >= 11 is 3.42. The molecule has 0 spiro atoms. The highest BCUT2D eigenvalue weighted by Gasteiger charge is 2.33. The average Bonchev–Trinajstić information content (AvgIpc) is 3.27. The number of aromatic nitrogens is 2. The van der Waals surface area contributed by atoms with Gasteiger partial charge in [0.15, 0.2) is 0 Å². The summed E-state index contributed by atoms with van der Waals surface area (Å²) in [7, 11) is 1.59. The Morgan fingerprint density at radius 1 is 1.29 bits per heavy atom. The standard InChI is InChI=1S/C22H29BrN4O4/c1-3-6-19(28)26(13-14-30-2)15-20(29)27-12-5-4-7-18(27)22-24-21(25-31-22)16-8-10-17(23)11-9-16/h8-11,18H,3-7,12-15H2,1-2H3. The fraction of sp³-hybridized carbons (Fsp3) is 0.545. The van der Waals surface area contributed by atoms with Gasteiger partial charge in [-0.1, -0.05) is 28.0 Å². The largest absolute Gasteiger partial charge is 0.383 e. The van der Waals surface area contributed by atoms with Crippen LogP contribution in [0.4, 0.5) is 0 Å². The summed E-state index contributed by atoms with van der Waals surface area (Å²) in [6.45, 7) is 3.39. The molecule has 9 heteroatoms. The molecular weight excluding hydrogens is 464 g/mol. The van der Waals surface area contributed by atoms with Gasteiger partial charge in [-0.2, -0.15) is 4.98 Å². The van der Waals surface area contributed by atoms with Gasteiger partial charge in [-0.3, -0.25) is 9.59 Å². The van der Waals surface area contributed by atoms with Crippen molar-refractivity contribution in [3.63, 3.8) is 0 Å². The third kappa shape index (κ3) is 6.13. The smallest absolute Gasteiger partial charge is 0.249 e. The normalized spacial score (nSPS) is 16.4. The van der Waals surface area contributed by atoms with Gasteiger partial charge in [-0.15, -0.1) is 0 Å². The van der Waals surface area contributed by atoms with Crippen molar-refractivity contribution in [3.8, 4) is 11.4 Å². The van der Waals surface area contributed by atoms with E-state index in [9.17, 15) is 9.59 Å². The number of hydrogen-bond donors (Lipinski definition) is 0. The maximum absolute atomic E-state index is 13.2. The Hall–Kier alpha value is -2.26. The lowest BCUT2D eigenvalue weighted by Crippen LogP contribution is -2.46. The molecule has 0 aliphatic carbocycles. The number of methoxy groups -OCH3 is 1. The van der Waals surface area contributed by atoms with Crippen molar-refractivity contribution in [2.45, 2.75) is 45.1 Å². The van der Waals surface area contributed by atoms with Crippen molar-refractivity contribution in [2.24, 2.45) is 0 Å². The molecule has 0 saturated carbocycles. The average molecular weight is 493 g/mol. The molecule has 0 bridgehead atoms. The van der Waals surface area contributed by atoms with Crippen molar-refractivity contribution in [1.82, 2.24) is 19.9 Å². The topological polar surface area (TPSA) is 88.8 Å². The van der Waals surface area contributed by atoms with E-state index >= 15 is 0 Å². The van der Waals surface area contributed by atoms with Gasteiger partial charge in [-0.05, 0) is 49.9 Å². The number of carbonyl (C=O) groups is 2. The lowest BCUT2D eigenvalue weighted by atomic mass is 10.0. The van der Waals surface area contributed by atoms with Crippen LogP contribution in [-0.4, -0.2) is 65.1 Å². The highest BCUT2D eigenvalue weighted by atomic mass is 79.9. The summed E-state index contributed by atoms with van der Waals surface area (Å²) in [5.74, 6) is 0.806. The maximum atomic E-state index is 13.2. The minimum atomic E-state index is -0.275. The van der Waals surface area contributed by atoms with E-state index in [-0.39, 0.29) is 24.4 Å². The zero-order valence-corrected chi connectivity index (χ0v) is 19.6. The highest BCUT2D eigenvalue weighted by molar-refractivity contribution is 9.10. The number of hydrogen-bond acceptors (Lipinski definition) is 6. The summed E-state index contributed by atoms with van der Waals surface area (Å²) < 4.78 is 11.6. The number of halogens is 1. The molecule has 168 valence electrons. The molecule has 0 radical (unpaired) electrons. The number of rotatable bonds is 9. The van der Waals surface area contributed by atoms with E-state index in [1.54, 1.807) is 16.9 Å². The summed E-state index contributed by atoms with van der Waals surface area (Å²) in [6, 6.07) is 7.39. The van der Waals surface area contributed by atoms with Crippen LogP contribution in [0.1, 0.15) is 51.0 Å². The van der Waals surface area contributed by atoms with Gasteiger partial charge in [0.05, 0.1) is 13.2 Å². The van der Waals surface area contributed by atoms with E-state index in [4.69, 9.17) is 9.26 Å². The van der Waals surface area contributed by atoms with Gasteiger partial charge in [0.2, 0.25) is 23.5 Å². The predicted octanol–water partition coefficient (Wildman–Crippen LogP) is 3.83. The Morgan fingerprint density at radius 3 is 2.77 bits per heavy atom. The van der Waals surface area contributed by atoms with E-state index in [2.05, 4.69) is 26.1 Å². The molecular formula is C22H29BrN4O4. The first-order valence-corrected chi connectivity index (χ1v) is 11.5. The highest BCUT2D eigenvalue weighted by Crippen LogP contribution is 2.31. The third-order valence-corrected chi connectivity index (χ3v) is 5.89. The lowest BCUT2D eigenvalue weighted by Gasteiger charge is -2.35. The van der Waals surface area contributed by atoms with Crippen LogP contribution in [-0.2, 0) is 14.3 Å². The molecule has 31 heavy (non-hydrogen) atoms. The Labute approximate surface area is 191 Å². The molecule has 3 rings (SSSR count). The molecule has 2 amide bonds. The molecule has 1 atom stereocenters. The Balaban J connectivity index is 1.74.